The molecular weight excluding hydrogens is 298 g/mol. The van der Waals surface area contributed by atoms with Gasteiger partial charge in [0.25, 0.3) is 0 Å². The fraction of sp³-hybridized carbons (Fsp3) is 0.125. The molecule has 0 atom stereocenters. The zero-order chi connectivity index (χ0) is 15.4. The van der Waals surface area contributed by atoms with Crippen LogP contribution in [0.3, 0.4) is 0 Å². The Bertz CT molecular complexity index is 787. The molecule has 6 heteroatoms. The predicted molar refractivity (Wildman–Crippen MR) is 86.3 cm³/mol. The van der Waals surface area contributed by atoms with Gasteiger partial charge in [0.1, 0.15) is 5.65 Å². The first-order valence-electron chi connectivity index (χ1n) is 6.81. The van der Waals surface area contributed by atoms with Gasteiger partial charge in [-0.2, -0.15) is 0 Å². The number of nitrogens with one attached hydrogen (secondary N) is 1. The third-order valence-corrected chi connectivity index (χ3v) is 4.06. The van der Waals surface area contributed by atoms with E-state index in [9.17, 15) is 4.79 Å². The van der Waals surface area contributed by atoms with Crippen molar-refractivity contribution in [2.45, 2.75) is 13.2 Å². The molecule has 0 aromatic carbocycles. The van der Waals surface area contributed by atoms with Crippen molar-refractivity contribution in [1.82, 2.24) is 14.7 Å². The van der Waals surface area contributed by atoms with Gasteiger partial charge in [0, 0.05) is 23.3 Å². The van der Waals surface area contributed by atoms with Crippen LogP contribution in [0.5, 0.6) is 0 Å². The van der Waals surface area contributed by atoms with E-state index in [1.807, 2.05) is 46.4 Å². The normalized spacial score (nSPS) is 11.3. The summed E-state index contributed by atoms with van der Waals surface area (Å²) in [6, 6.07) is 7.63. The van der Waals surface area contributed by atoms with Crippen LogP contribution < -0.4 is 5.32 Å². The van der Waals surface area contributed by atoms with Crippen molar-refractivity contribution in [2.75, 3.05) is 0 Å². The first-order chi connectivity index (χ1) is 10.7. The number of aliphatic hydroxyl groups excluding tert-OH is 1. The number of thiophene rings is 1. The van der Waals surface area contributed by atoms with Crippen molar-refractivity contribution in [3.63, 3.8) is 0 Å². The number of hydrogen-bond donors (Lipinski definition) is 2. The van der Waals surface area contributed by atoms with E-state index in [1.54, 1.807) is 6.08 Å². The van der Waals surface area contributed by atoms with E-state index in [4.69, 9.17) is 5.11 Å². The van der Waals surface area contributed by atoms with Gasteiger partial charge in [-0.05, 0) is 35.2 Å². The molecule has 3 rings (SSSR count). The van der Waals surface area contributed by atoms with Crippen LogP contribution in [-0.2, 0) is 17.9 Å². The molecular formula is C16H15N3O2S. The fourth-order valence-corrected chi connectivity index (χ4v) is 2.83. The highest BCUT2D eigenvalue weighted by atomic mass is 32.1. The predicted octanol–water partition coefficient (Wildman–Crippen LogP) is 2.22. The van der Waals surface area contributed by atoms with E-state index in [2.05, 4.69) is 10.3 Å². The van der Waals surface area contributed by atoms with Gasteiger partial charge in [-0.1, -0.05) is 6.07 Å². The van der Waals surface area contributed by atoms with Gasteiger partial charge in [0.05, 0.1) is 18.8 Å². The van der Waals surface area contributed by atoms with Crippen LogP contribution in [0.25, 0.3) is 11.7 Å². The number of rotatable bonds is 5. The SMILES string of the molecule is O=C(/C=C/c1cc(CO)cs1)NCc1cn2ccccc2n1. The molecule has 2 N–H and O–H groups in total. The van der Waals surface area contributed by atoms with E-state index < -0.39 is 0 Å². The van der Waals surface area contributed by atoms with Crippen LogP contribution >= 0.6 is 11.3 Å². The third-order valence-electron chi connectivity index (χ3n) is 3.11. The van der Waals surface area contributed by atoms with Gasteiger partial charge in [-0.3, -0.25) is 4.79 Å². The number of fused-ring (bicyclic) bond motifs is 1. The van der Waals surface area contributed by atoms with E-state index in [-0.39, 0.29) is 12.5 Å². The van der Waals surface area contributed by atoms with Gasteiger partial charge in [-0.25, -0.2) is 4.98 Å². The number of aromatic nitrogens is 2. The lowest BCUT2D eigenvalue weighted by molar-refractivity contribution is -0.116. The molecule has 3 aromatic rings. The minimum absolute atomic E-state index is 0.0183. The van der Waals surface area contributed by atoms with Crippen LogP contribution in [0.2, 0.25) is 0 Å². The number of pyridine rings is 1. The van der Waals surface area contributed by atoms with Crippen molar-refractivity contribution in [2.24, 2.45) is 0 Å². The van der Waals surface area contributed by atoms with Crippen LogP contribution in [-0.4, -0.2) is 20.4 Å². The van der Waals surface area contributed by atoms with Crippen molar-refractivity contribution >= 4 is 29.0 Å². The molecule has 5 nitrogen and oxygen atoms in total. The quantitative estimate of drug-likeness (QED) is 0.710. The van der Waals surface area contributed by atoms with Crippen LogP contribution in [0.15, 0.2) is 48.1 Å². The average molecular weight is 313 g/mol. The van der Waals surface area contributed by atoms with Gasteiger partial charge in [0.2, 0.25) is 5.91 Å². The molecule has 1 amide bonds. The Labute approximate surface area is 131 Å². The number of carbonyl (C=O) groups excluding carboxylic acids is 1. The minimum Gasteiger partial charge on any atom is -0.392 e. The standard InChI is InChI=1S/C16H15N3O2S/c20-10-12-7-14(22-11-12)4-5-16(21)17-8-13-9-19-6-2-1-3-15(19)18-13/h1-7,9,11,20H,8,10H2,(H,17,21)/b5-4+. The van der Waals surface area contributed by atoms with Gasteiger partial charge in [0.15, 0.2) is 0 Å². The van der Waals surface area contributed by atoms with Crippen molar-refractivity contribution < 1.29 is 9.90 Å². The highest BCUT2D eigenvalue weighted by Crippen LogP contribution is 2.16. The molecule has 0 saturated heterocycles. The molecule has 0 radical (unpaired) electrons. The molecule has 22 heavy (non-hydrogen) atoms. The molecule has 0 fully saturated rings. The maximum Gasteiger partial charge on any atom is 0.244 e. The van der Waals surface area contributed by atoms with Crippen LogP contribution in [0.1, 0.15) is 16.1 Å². The van der Waals surface area contributed by atoms with E-state index in [0.717, 1.165) is 21.8 Å². The summed E-state index contributed by atoms with van der Waals surface area (Å²) in [6.07, 6.45) is 7.04. The molecule has 0 aliphatic heterocycles. The summed E-state index contributed by atoms with van der Waals surface area (Å²) in [5, 5.41) is 13.7. The second-order valence-corrected chi connectivity index (χ2v) is 5.71. The van der Waals surface area contributed by atoms with E-state index >= 15 is 0 Å². The molecule has 3 aromatic heterocycles. The summed E-state index contributed by atoms with van der Waals surface area (Å²) >= 11 is 1.49. The second kappa shape index (κ2) is 6.55. The number of amides is 1. The summed E-state index contributed by atoms with van der Waals surface area (Å²) in [6.45, 7) is 0.404. The van der Waals surface area contributed by atoms with Crippen LogP contribution in [0, 0.1) is 0 Å². The van der Waals surface area contributed by atoms with E-state index in [0.29, 0.717) is 6.54 Å². The Kier molecular flexibility index (Phi) is 4.32. The Morgan fingerprint density at radius 2 is 2.36 bits per heavy atom. The summed E-state index contributed by atoms with van der Waals surface area (Å²) in [5.74, 6) is -0.170. The van der Waals surface area contributed by atoms with Gasteiger partial charge in [-0.15, -0.1) is 11.3 Å². The molecule has 0 saturated carbocycles. The highest BCUT2D eigenvalue weighted by Gasteiger charge is 2.02. The number of carbonyl (C=O) groups is 1. The smallest absolute Gasteiger partial charge is 0.244 e. The fourth-order valence-electron chi connectivity index (χ4n) is 2.03. The summed E-state index contributed by atoms with van der Waals surface area (Å²) in [7, 11) is 0. The Balaban J connectivity index is 1.57. The van der Waals surface area contributed by atoms with Gasteiger partial charge < -0.3 is 14.8 Å². The maximum absolute atomic E-state index is 11.8. The Morgan fingerprint density at radius 3 is 3.14 bits per heavy atom. The third kappa shape index (κ3) is 3.41. The lowest BCUT2D eigenvalue weighted by atomic mass is 10.3. The lowest BCUT2D eigenvalue weighted by Gasteiger charge is -1.97. The first kappa shape index (κ1) is 14.5. The van der Waals surface area contributed by atoms with Crippen molar-refractivity contribution in [3.8, 4) is 0 Å². The Hall–Kier alpha value is -2.44. The number of aliphatic hydroxyl groups is 1. The zero-order valence-electron chi connectivity index (χ0n) is 11.8. The van der Waals surface area contributed by atoms with Crippen LogP contribution in [0.4, 0.5) is 0 Å². The summed E-state index contributed by atoms with van der Waals surface area (Å²) in [4.78, 5) is 17.2. The topological polar surface area (TPSA) is 66.6 Å². The molecule has 0 bridgehead atoms. The van der Waals surface area contributed by atoms with E-state index in [1.165, 1.54) is 17.4 Å². The molecule has 0 aliphatic rings. The first-order valence-corrected chi connectivity index (χ1v) is 7.69. The second-order valence-electron chi connectivity index (χ2n) is 4.76. The Morgan fingerprint density at radius 1 is 1.45 bits per heavy atom. The summed E-state index contributed by atoms with van der Waals surface area (Å²) in [5.41, 5.74) is 2.53. The van der Waals surface area contributed by atoms with Gasteiger partial charge >= 0.3 is 0 Å². The monoisotopic (exact) mass is 313 g/mol. The summed E-state index contributed by atoms with van der Waals surface area (Å²) < 4.78 is 1.92. The molecule has 3 heterocycles. The van der Waals surface area contributed by atoms with Crippen molar-refractivity contribution in [3.05, 3.63) is 64.2 Å². The number of hydrogen-bond acceptors (Lipinski definition) is 4. The highest BCUT2D eigenvalue weighted by molar-refractivity contribution is 7.11. The zero-order valence-corrected chi connectivity index (χ0v) is 12.6. The molecule has 112 valence electrons. The number of nitrogens with zero attached hydrogens (tertiary/aromatic N) is 2. The molecule has 0 aliphatic carbocycles. The average Bonchev–Trinajstić information content (AvgIpc) is 3.16. The minimum atomic E-state index is -0.170. The largest absolute Gasteiger partial charge is 0.392 e. The maximum atomic E-state index is 11.8. The lowest BCUT2D eigenvalue weighted by Crippen LogP contribution is -2.20. The van der Waals surface area contributed by atoms with Crippen molar-refractivity contribution in [1.29, 1.82) is 0 Å². The molecule has 0 unspecified atom stereocenters. The number of imidazole rings is 1. The molecule has 0 spiro atoms.